The zero-order valence-electron chi connectivity index (χ0n) is 12.5. The Morgan fingerprint density at radius 2 is 2.11 bits per heavy atom. The molecule has 0 bridgehead atoms. The molecule has 106 valence electrons. The molecule has 0 amide bonds. The van der Waals surface area contributed by atoms with Gasteiger partial charge < -0.3 is 15.8 Å². The lowest BCUT2D eigenvalue weighted by Crippen LogP contribution is -2.27. The minimum Gasteiger partial charge on any atom is -0.496 e. The van der Waals surface area contributed by atoms with E-state index in [9.17, 15) is 0 Å². The van der Waals surface area contributed by atoms with Gasteiger partial charge in [0.05, 0.1) is 7.11 Å². The molecule has 1 aromatic rings. The molecule has 1 aliphatic rings. The summed E-state index contributed by atoms with van der Waals surface area (Å²) in [6.45, 7) is 7.49. The van der Waals surface area contributed by atoms with E-state index in [2.05, 4.69) is 32.2 Å². The fourth-order valence-corrected chi connectivity index (χ4v) is 3.18. The van der Waals surface area contributed by atoms with Crippen molar-refractivity contribution >= 4 is 0 Å². The van der Waals surface area contributed by atoms with Gasteiger partial charge in [0.2, 0.25) is 0 Å². The summed E-state index contributed by atoms with van der Waals surface area (Å²) >= 11 is 0. The maximum atomic E-state index is 6.42. The van der Waals surface area contributed by atoms with Crippen LogP contribution in [0.3, 0.4) is 0 Å². The first-order chi connectivity index (χ1) is 9.04. The van der Waals surface area contributed by atoms with Crippen molar-refractivity contribution in [3.8, 4) is 5.75 Å². The smallest absolute Gasteiger partial charge is 0.124 e. The van der Waals surface area contributed by atoms with Crippen LogP contribution in [0.15, 0.2) is 6.07 Å². The predicted octanol–water partition coefficient (Wildman–Crippen LogP) is 2.76. The molecule has 0 aliphatic carbocycles. The zero-order chi connectivity index (χ0) is 14.0. The fraction of sp³-hybridized carbons (Fsp3) is 0.625. The molecular weight excluding hydrogens is 236 g/mol. The quantitative estimate of drug-likeness (QED) is 0.877. The van der Waals surface area contributed by atoms with Crippen molar-refractivity contribution in [3.05, 3.63) is 28.3 Å². The number of aryl methyl sites for hydroxylation is 1. The maximum Gasteiger partial charge on any atom is 0.124 e. The molecule has 0 saturated carbocycles. The lowest BCUT2D eigenvalue weighted by molar-refractivity contribution is 0.407. The highest BCUT2D eigenvalue weighted by atomic mass is 16.5. The van der Waals surface area contributed by atoms with Crippen LogP contribution < -0.4 is 15.8 Å². The highest BCUT2D eigenvalue weighted by molar-refractivity contribution is 5.49. The van der Waals surface area contributed by atoms with E-state index in [1.54, 1.807) is 7.11 Å². The molecule has 0 spiro atoms. The Morgan fingerprint density at radius 3 is 2.68 bits per heavy atom. The van der Waals surface area contributed by atoms with Crippen molar-refractivity contribution in [2.24, 2.45) is 5.73 Å². The Bertz CT molecular complexity index is 451. The van der Waals surface area contributed by atoms with Crippen molar-refractivity contribution < 1.29 is 4.74 Å². The molecule has 19 heavy (non-hydrogen) atoms. The SMILES string of the molecule is COc1c(C)cc(C(N)CC2CCCN2)c(C)c1C. The summed E-state index contributed by atoms with van der Waals surface area (Å²) in [6.07, 6.45) is 3.55. The molecule has 2 unspecified atom stereocenters. The second-order valence-electron chi connectivity index (χ2n) is 5.70. The molecule has 0 aromatic heterocycles. The minimum atomic E-state index is 0.110. The van der Waals surface area contributed by atoms with Crippen molar-refractivity contribution in [1.29, 1.82) is 0 Å². The van der Waals surface area contributed by atoms with Gasteiger partial charge in [-0.1, -0.05) is 6.07 Å². The highest BCUT2D eigenvalue weighted by Crippen LogP contribution is 2.32. The third kappa shape index (κ3) is 2.93. The van der Waals surface area contributed by atoms with Gasteiger partial charge in [0, 0.05) is 12.1 Å². The van der Waals surface area contributed by atoms with Crippen LogP contribution in [0.1, 0.15) is 47.6 Å². The lowest BCUT2D eigenvalue weighted by atomic mass is 9.91. The first-order valence-electron chi connectivity index (χ1n) is 7.18. The molecule has 3 N–H and O–H groups in total. The molecular formula is C16H26N2O. The Labute approximate surface area is 116 Å². The van der Waals surface area contributed by atoms with E-state index in [0.717, 1.165) is 18.7 Å². The number of ether oxygens (including phenoxy) is 1. The number of rotatable bonds is 4. The van der Waals surface area contributed by atoms with Gasteiger partial charge in [-0.3, -0.25) is 0 Å². The van der Waals surface area contributed by atoms with Crippen LogP contribution in [0, 0.1) is 20.8 Å². The summed E-state index contributed by atoms with van der Waals surface area (Å²) in [6, 6.07) is 2.89. The van der Waals surface area contributed by atoms with E-state index in [1.165, 1.54) is 35.1 Å². The molecule has 1 heterocycles. The van der Waals surface area contributed by atoms with E-state index >= 15 is 0 Å². The summed E-state index contributed by atoms with van der Waals surface area (Å²) in [5.41, 5.74) is 11.4. The predicted molar refractivity (Wildman–Crippen MR) is 79.8 cm³/mol. The van der Waals surface area contributed by atoms with Crippen molar-refractivity contribution in [1.82, 2.24) is 5.32 Å². The molecule has 3 heteroatoms. The van der Waals surface area contributed by atoms with Crippen LogP contribution in [0.25, 0.3) is 0 Å². The van der Waals surface area contributed by atoms with Crippen molar-refractivity contribution in [2.75, 3.05) is 13.7 Å². The van der Waals surface area contributed by atoms with Crippen LogP contribution in [0.4, 0.5) is 0 Å². The van der Waals surface area contributed by atoms with Crippen LogP contribution in [0.5, 0.6) is 5.75 Å². The monoisotopic (exact) mass is 262 g/mol. The second kappa shape index (κ2) is 5.93. The van der Waals surface area contributed by atoms with Gasteiger partial charge in [-0.2, -0.15) is 0 Å². The number of nitrogens with one attached hydrogen (secondary N) is 1. The Hall–Kier alpha value is -1.06. The molecule has 1 aromatic carbocycles. The van der Waals surface area contributed by atoms with Crippen molar-refractivity contribution in [3.63, 3.8) is 0 Å². The van der Waals surface area contributed by atoms with Gasteiger partial charge in [0.1, 0.15) is 5.75 Å². The van der Waals surface area contributed by atoms with Gasteiger partial charge in [0.25, 0.3) is 0 Å². The van der Waals surface area contributed by atoms with E-state index in [1.807, 2.05) is 0 Å². The number of nitrogens with two attached hydrogens (primary N) is 1. The van der Waals surface area contributed by atoms with Gasteiger partial charge in [0.15, 0.2) is 0 Å². The molecule has 3 nitrogen and oxygen atoms in total. The molecule has 1 aliphatic heterocycles. The van der Waals surface area contributed by atoms with Gasteiger partial charge in [-0.25, -0.2) is 0 Å². The van der Waals surface area contributed by atoms with Crippen LogP contribution in [-0.2, 0) is 0 Å². The average Bonchev–Trinajstić information content (AvgIpc) is 2.87. The van der Waals surface area contributed by atoms with E-state index < -0.39 is 0 Å². The van der Waals surface area contributed by atoms with Gasteiger partial charge in [-0.05, 0) is 68.8 Å². The van der Waals surface area contributed by atoms with E-state index in [0.29, 0.717) is 6.04 Å². The maximum absolute atomic E-state index is 6.42. The molecule has 1 saturated heterocycles. The Kier molecular flexibility index (Phi) is 4.48. The summed E-state index contributed by atoms with van der Waals surface area (Å²) in [7, 11) is 1.73. The molecule has 2 rings (SSSR count). The van der Waals surface area contributed by atoms with Crippen LogP contribution in [0.2, 0.25) is 0 Å². The number of methoxy groups -OCH3 is 1. The highest BCUT2D eigenvalue weighted by Gasteiger charge is 2.21. The average molecular weight is 262 g/mol. The largest absolute Gasteiger partial charge is 0.496 e. The fourth-order valence-electron chi connectivity index (χ4n) is 3.18. The van der Waals surface area contributed by atoms with Crippen molar-refractivity contribution in [2.45, 2.75) is 52.1 Å². The molecule has 1 fully saturated rings. The van der Waals surface area contributed by atoms with Gasteiger partial charge >= 0.3 is 0 Å². The lowest BCUT2D eigenvalue weighted by Gasteiger charge is -2.22. The summed E-state index contributed by atoms with van der Waals surface area (Å²) in [5.74, 6) is 0.993. The third-order valence-corrected chi connectivity index (χ3v) is 4.37. The van der Waals surface area contributed by atoms with E-state index in [-0.39, 0.29) is 6.04 Å². The number of benzene rings is 1. The number of hydrogen-bond donors (Lipinski definition) is 2. The first-order valence-corrected chi connectivity index (χ1v) is 7.18. The number of hydrogen-bond acceptors (Lipinski definition) is 3. The molecule has 2 atom stereocenters. The Balaban J connectivity index is 2.23. The summed E-state index contributed by atoms with van der Waals surface area (Å²) < 4.78 is 5.47. The second-order valence-corrected chi connectivity index (χ2v) is 5.70. The zero-order valence-corrected chi connectivity index (χ0v) is 12.5. The minimum absolute atomic E-state index is 0.110. The van der Waals surface area contributed by atoms with E-state index in [4.69, 9.17) is 10.5 Å². The first kappa shape index (κ1) is 14.4. The normalized spacial score (nSPS) is 20.6. The summed E-state index contributed by atoms with van der Waals surface area (Å²) in [4.78, 5) is 0. The van der Waals surface area contributed by atoms with Crippen LogP contribution in [-0.4, -0.2) is 19.7 Å². The van der Waals surface area contributed by atoms with Gasteiger partial charge in [-0.15, -0.1) is 0 Å². The standard InChI is InChI=1S/C16H26N2O/c1-10-8-14(11(2)12(3)16(10)19-4)15(17)9-13-6-5-7-18-13/h8,13,15,18H,5-7,9,17H2,1-4H3. The summed E-state index contributed by atoms with van der Waals surface area (Å²) in [5, 5.41) is 3.52. The van der Waals surface area contributed by atoms with Crippen LogP contribution >= 0.6 is 0 Å². The molecule has 0 radical (unpaired) electrons. The topological polar surface area (TPSA) is 47.3 Å². The Morgan fingerprint density at radius 1 is 1.37 bits per heavy atom. The third-order valence-electron chi connectivity index (χ3n) is 4.37.